The standard InChI is InChI=1S/C19H23N5O4S/c25-7-11-14(26)15(27)18(28-11)24-10-23-13-16(21-9-22-17(13)24)20-8-19(4-2-5-19)12-3-1-6-29-12/h1,3,6,9-11,14-15,18,25-27H,2,4-5,7-8H2,(H,20,21,22)/t11-,14?,15?,18-/m1/s1. The Bertz CT molecular complexity index is 990. The van der Waals surface area contributed by atoms with Gasteiger partial charge in [-0.3, -0.25) is 4.57 Å². The van der Waals surface area contributed by atoms with Crippen LogP contribution < -0.4 is 5.32 Å². The van der Waals surface area contributed by atoms with Gasteiger partial charge in [0.25, 0.3) is 0 Å². The van der Waals surface area contributed by atoms with Gasteiger partial charge in [-0.2, -0.15) is 0 Å². The third-order valence-corrected chi connectivity index (χ3v) is 7.22. The number of ether oxygens (including phenoxy) is 1. The number of nitrogens with one attached hydrogen (secondary N) is 1. The Morgan fingerprint density at radius 1 is 1.24 bits per heavy atom. The van der Waals surface area contributed by atoms with Crippen molar-refractivity contribution in [3.8, 4) is 0 Å². The van der Waals surface area contributed by atoms with Gasteiger partial charge < -0.3 is 25.4 Å². The van der Waals surface area contributed by atoms with Gasteiger partial charge in [0.15, 0.2) is 23.2 Å². The normalized spacial score (nSPS) is 28.5. The second kappa shape index (κ2) is 7.29. The second-order valence-corrected chi connectivity index (χ2v) is 8.69. The lowest BCUT2D eigenvalue weighted by molar-refractivity contribution is -0.0511. The summed E-state index contributed by atoms with van der Waals surface area (Å²) in [4.78, 5) is 14.5. The van der Waals surface area contributed by atoms with Crippen molar-refractivity contribution < 1.29 is 20.1 Å². The molecule has 1 saturated heterocycles. The molecule has 4 heterocycles. The average Bonchev–Trinajstić information content (AvgIpc) is 3.43. The molecule has 0 aromatic carbocycles. The van der Waals surface area contributed by atoms with Gasteiger partial charge in [0, 0.05) is 16.8 Å². The van der Waals surface area contributed by atoms with Gasteiger partial charge in [-0.15, -0.1) is 11.3 Å². The molecular formula is C19H23N5O4S. The molecule has 1 aliphatic heterocycles. The Kier molecular flexibility index (Phi) is 4.75. The van der Waals surface area contributed by atoms with E-state index in [9.17, 15) is 15.3 Å². The van der Waals surface area contributed by atoms with Crippen molar-refractivity contribution in [2.45, 2.75) is 49.2 Å². The zero-order valence-corrected chi connectivity index (χ0v) is 16.5. The van der Waals surface area contributed by atoms with Crippen molar-refractivity contribution in [2.24, 2.45) is 0 Å². The first-order chi connectivity index (χ1) is 14.1. The molecule has 154 valence electrons. The summed E-state index contributed by atoms with van der Waals surface area (Å²) >= 11 is 1.79. The van der Waals surface area contributed by atoms with Crippen molar-refractivity contribution in [1.82, 2.24) is 19.5 Å². The van der Waals surface area contributed by atoms with Gasteiger partial charge in [0.05, 0.1) is 12.9 Å². The van der Waals surface area contributed by atoms with Crippen molar-refractivity contribution in [2.75, 3.05) is 18.5 Å². The fraction of sp³-hybridized carbons (Fsp3) is 0.526. The second-order valence-electron chi connectivity index (χ2n) is 7.74. The van der Waals surface area contributed by atoms with Gasteiger partial charge in [0.2, 0.25) is 0 Å². The van der Waals surface area contributed by atoms with E-state index in [-0.39, 0.29) is 12.0 Å². The number of imidazole rings is 1. The van der Waals surface area contributed by atoms with Crippen LogP contribution in [-0.4, -0.2) is 66.3 Å². The highest BCUT2D eigenvalue weighted by Crippen LogP contribution is 2.45. The SMILES string of the molecule is OC[C@H]1O[C@@H](n2cnc3c(NCC4(c5cccs5)CCC4)ncnc32)C(O)C1O. The molecule has 3 aromatic heterocycles. The smallest absolute Gasteiger partial charge is 0.167 e. The lowest BCUT2D eigenvalue weighted by atomic mass is 9.68. The maximum Gasteiger partial charge on any atom is 0.167 e. The van der Waals surface area contributed by atoms with Gasteiger partial charge in [-0.1, -0.05) is 12.5 Å². The summed E-state index contributed by atoms with van der Waals surface area (Å²) in [5.41, 5.74) is 1.21. The van der Waals surface area contributed by atoms with Crippen LogP contribution in [-0.2, 0) is 10.2 Å². The average molecular weight is 417 g/mol. The van der Waals surface area contributed by atoms with Crippen LogP contribution in [0.5, 0.6) is 0 Å². The Labute approximate surface area is 171 Å². The third kappa shape index (κ3) is 3.03. The van der Waals surface area contributed by atoms with Crippen LogP contribution in [0.2, 0.25) is 0 Å². The monoisotopic (exact) mass is 417 g/mol. The highest BCUT2D eigenvalue weighted by Gasteiger charge is 2.44. The van der Waals surface area contributed by atoms with Crippen LogP contribution in [0.3, 0.4) is 0 Å². The molecule has 0 amide bonds. The summed E-state index contributed by atoms with van der Waals surface area (Å²) < 4.78 is 7.18. The van der Waals surface area contributed by atoms with Crippen molar-refractivity contribution in [3.63, 3.8) is 0 Å². The van der Waals surface area contributed by atoms with Crippen molar-refractivity contribution in [3.05, 3.63) is 35.0 Å². The molecular weight excluding hydrogens is 394 g/mol. The van der Waals surface area contributed by atoms with Gasteiger partial charge in [-0.25, -0.2) is 15.0 Å². The van der Waals surface area contributed by atoms with Crippen molar-refractivity contribution >= 4 is 28.3 Å². The van der Waals surface area contributed by atoms with E-state index in [2.05, 4.69) is 37.8 Å². The van der Waals surface area contributed by atoms with E-state index in [0.29, 0.717) is 17.0 Å². The maximum absolute atomic E-state index is 10.3. The highest BCUT2D eigenvalue weighted by molar-refractivity contribution is 7.10. The quantitative estimate of drug-likeness (QED) is 0.469. The molecule has 29 heavy (non-hydrogen) atoms. The van der Waals surface area contributed by atoms with Crippen LogP contribution in [0.25, 0.3) is 11.2 Å². The minimum absolute atomic E-state index is 0.136. The number of hydrogen-bond acceptors (Lipinski definition) is 9. The summed E-state index contributed by atoms with van der Waals surface area (Å²) in [6, 6.07) is 4.28. The number of anilines is 1. The predicted octanol–water partition coefficient (Wildman–Crippen LogP) is 1.03. The maximum atomic E-state index is 10.3. The van der Waals surface area contributed by atoms with E-state index < -0.39 is 24.5 Å². The zero-order valence-electron chi connectivity index (χ0n) is 15.7. The van der Waals surface area contributed by atoms with E-state index in [1.54, 1.807) is 15.9 Å². The van der Waals surface area contributed by atoms with Crippen LogP contribution in [0.15, 0.2) is 30.2 Å². The molecule has 4 atom stereocenters. The lowest BCUT2D eigenvalue weighted by Gasteiger charge is -2.41. The number of aromatic nitrogens is 4. The Balaban J connectivity index is 1.41. The van der Waals surface area contributed by atoms with Gasteiger partial charge >= 0.3 is 0 Å². The largest absolute Gasteiger partial charge is 0.394 e. The fourth-order valence-electron chi connectivity index (χ4n) is 4.22. The summed E-state index contributed by atoms with van der Waals surface area (Å²) in [7, 11) is 0. The molecule has 4 N–H and O–H groups in total. The van der Waals surface area contributed by atoms with Gasteiger partial charge in [0.1, 0.15) is 24.6 Å². The van der Waals surface area contributed by atoms with Crippen LogP contribution >= 0.6 is 11.3 Å². The third-order valence-electron chi connectivity index (χ3n) is 6.10. The summed E-state index contributed by atoms with van der Waals surface area (Å²) in [6.45, 7) is 0.383. The minimum atomic E-state index is -1.19. The van der Waals surface area contributed by atoms with Crippen LogP contribution in [0.4, 0.5) is 5.82 Å². The first-order valence-corrected chi connectivity index (χ1v) is 10.6. The van der Waals surface area contributed by atoms with E-state index in [0.717, 1.165) is 19.4 Å². The number of rotatable bonds is 6. The molecule has 2 unspecified atom stereocenters. The molecule has 10 heteroatoms. The topological polar surface area (TPSA) is 126 Å². The van der Waals surface area contributed by atoms with E-state index in [4.69, 9.17) is 4.74 Å². The fourth-order valence-corrected chi connectivity index (χ4v) is 5.21. The number of aliphatic hydroxyl groups is 3. The van der Waals surface area contributed by atoms with Crippen LogP contribution in [0, 0.1) is 0 Å². The number of hydrogen-bond donors (Lipinski definition) is 4. The molecule has 0 spiro atoms. The molecule has 0 bridgehead atoms. The van der Waals surface area contributed by atoms with Gasteiger partial charge in [-0.05, 0) is 24.3 Å². The van der Waals surface area contributed by atoms with E-state index in [1.165, 1.54) is 24.0 Å². The molecule has 1 aliphatic carbocycles. The summed E-state index contributed by atoms with van der Waals surface area (Å²) in [5, 5.41) is 35.2. The summed E-state index contributed by atoms with van der Waals surface area (Å²) in [5.74, 6) is 0.628. The number of fused-ring (bicyclic) bond motifs is 1. The number of aliphatic hydroxyl groups excluding tert-OH is 3. The zero-order chi connectivity index (χ0) is 20.0. The molecule has 5 rings (SSSR count). The van der Waals surface area contributed by atoms with Crippen molar-refractivity contribution in [1.29, 1.82) is 0 Å². The molecule has 0 radical (unpaired) electrons. The molecule has 9 nitrogen and oxygen atoms in total. The molecule has 1 saturated carbocycles. The Morgan fingerprint density at radius 3 is 2.76 bits per heavy atom. The molecule has 2 fully saturated rings. The number of nitrogens with zero attached hydrogens (tertiary/aromatic N) is 4. The minimum Gasteiger partial charge on any atom is -0.394 e. The first-order valence-electron chi connectivity index (χ1n) is 9.71. The van der Waals surface area contributed by atoms with Crippen LogP contribution in [0.1, 0.15) is 30.4 Å². The molecule has 2 aliphatic rings. The predicted molar refractivity (Wildman–Crippen MR) is 107 cm³/mol. The summed E-state index contributed by atoms with van der Waals surface area (Å²) in [6.07, 6.45) is 2.39. The van der Waals surface area contributed by atoms with E-state index >= 15 is 0 Å². The highest BCUT2D eigenvalue weighted by atomic mass is 32.1. The Hall–Kier alpha value is -2.11. The van der Waals surface area contributed by atoms with E-state index in [1.807, 2.05) is 0 Å². The molecule has 3 aromatic rings. The first kappa shape index (κ1) is 18.9. The lowest BCUT2D eigenvalue weighted by Crippen LogP contribution is -2.40. The number of thiophene rings is 1. The Morgan fingerprint density at radius 2 is 2.10 bits per heavy atom.